The fourth-order valence-electron chi connectivity index (χ4n) is 3.64. The number of rotatable bonds is 6. The van der Waals surface area contributed by atoms with Crippen LogP contribution < -0.4 is 4.74 Å². The summed E-state index contributed by atoms with van der Waals surface area (Å²) in [4.78, 5) is 18.6. The van der Waals surface area contributed by atoms with Crippen molar-refractivity contribution >= 4 is 5.78 Å². The largest absolute Gasteiger partial charge is 0.496 e. The van der Waals surface area contributed by atoms with Gasteiger partial charge in [-0.1, -0.05) is 29.4 Å². The average Bonchev–Trinajstić information content (AvgIpc) is 3.13. The molecule has 0 spiro atoms. The number of aliphatic hydroxyl groups excluding tert-OH is 1. The van der Waals surface area contributed by atoms with Gasteiger partial charge in [0.1, 0.15) is 12.4 Å². The van der Waals surface area contributed by atoms with Gasteiger partial charge in [0.25, 0.3) is 5.89 Å². The summed E-state index contributed by atoms with van der Waals surface area (Å²) in [6.07, 6.45) is 1.72. The van der Waals surface area contributed by atoms with Crippen molar-refractivity contribution in [2.45, 2.75) is 19.4 Å². The van der Waals surface area contributed by atoms with Gasteiger partial charge in [0, 0.05) is 18.7 Å². The number of nitrogens with zero attached hydrogens (tertiary/aromatic N) is 3. The first-order valence-corrected chi connectivity index (χ1v) is 9.62. The van der Waals surface area contributed by atoms with Crippen LogP contribution in [0, 0.1) is 0 Å². The molecule has 2 heterocycles. The van der Waals surface area contributed by atoms with Gasteiger partial charge in [0.05, 0.1) is 19.2 Å². The highest BCUT2D eigenvalue weighted by atomic mass is 16.5. The van der Waals surface area contributed by atoms with Crippen molar-refractivity contribution < 1.29 is 19.2 Å². The Morgan fingerprint density at radius 1 is 1.17 bits per heavy atom. The van der Waals surface area contributed by atoms with E-state index in [1.165, 1.54) is 5.56 Å². The Kier molecular flexibility index (Phi) is 5.69. The molecule has 1 aliphatic heterocycles. The number of aliphatic hydroxyl groups is 1. The predicted molar refractivity (Wildman–Crippen MR) is 107 cm³/mol. The lowest BCUT2D eigenvalue weighted by Gasteiger charge is -2.17. The zero-order valence-corrected chi connectivity index (χ0v) is 16.3. The van der Waals surface area contributed by atoms with Crippen molar-refractivity contribution in [3.8, 4) is 17.2 Å². The van der Waals surface area contributed by atoms with Gasteiger partial charge < -0.3 is 14.4 Å². The minimum Gasteiger partial charge on any atom is -0.496 e. The molecule has 1 aromatic heterocycles. The molecule has 0 saturated carbocycles. The summed E-state index contributed by atoms with van der Waals surface area (Å²) < 4.78 is 10.8. The van der Waals surface area contributed by atoms with Gasteiger partial charge in [-0.2, -0.15) is 4.98 Å². The molecule has 1 aliphatic rings. The molecule has 0 bridgehead atoms. The smallest absolute Gasteiger partial charge is 0.261 e. The third-order valence-corrected chi connectivity index (χ3v) is 5.24. The van der Waals surface area contributed by atoms with Gasteiger partial charge in [0.2, 0.25) is 0 Å². The zero-order chi connectivity index (χ0) is 20.2. The molecular weight excluding hydrogens is 370 g/mol. The molecule has 2 aromatic carbocycles. The van der Waals surface area contributed by atoms with Crippen LogP contribution in [0.15, 0.2) is 47.0 Å². The number of methoxy groups -OCH3 is 1. The van der Waals surface area contributed by atoms with Crippen LogP contribution in [0.2, 0.25) is 0 Å². The number of hydrogen-bond acceptors (Lipinski definition) is 7. The van der Waals surface area contributed by atoms with Crippen LogP contribution in [0.1, 0.15) is 27.3 Å². The van der Waals surface area contributed by atoms with E-state index in [0.29, 0.717) is 29.6 Å². The second-order valence-electron chi connectivity index (χ2n) is 7.06. The summed E-state index contributed by atoms with van der Waals surface area (Å²) in [6, 6.07) is 13.3. The molecule has 29 heavy (non-hydrogen) atoms. The van der Waals surface area contributed by atoms with Crippen molar-refractivity contribution in [2.24, 2.45) is 0 Å². The summed E-state index contributed by atoms with van der Waals surface area (Å²) in [5, 5.41) is 13.2. The third kappa shape index (κ3) is 4.21. The molecule has 7 nitrogen and oxygen atoms in total. The Bertz CT molecular complexity index is 1010. The minimum absolute atomic E-state index is 0.246. The van der Waals surface area contributed by atoms with E-state index in [1.807, 2.05) is 36.4 Å². The van der Waals surface area contributed by atoms with E-state index in [2.05, 4.69) is 15.0 Å². The maximum Gasteiger partial charge on any atom is 0.261 e. The van der Waals surface area contributed by atoms with E-state index in [9.17, 15) is 4.79 Å². The van der Waals surface area contributed by atoms with Gasteiger partial charge in [-0.3, -0.25) is 9.69 Å². The molecule has 0 unspecified atom stereocenters. The molecule has 7 heteroatoms. The molecule has 150 valence electrons. The molecule has 0 fully saturated rings. The molecule has 0 atom stereocenters. The number of hydrogen-bond donors (Lipinski definition) is 1. The first-order valence-electron chi connectivity index (χ1n) is 9.62. The fourth-order valence-corrected chi connectivity index (χ4v) is 3.64. The Hall–Kier alpha value is -3.03. The molecule has 0 aliphatic carbocycles. The second kappa shape index (κ2) is 8.55. The Morgan fingerprint density at radius 2 is 1.97 bits per heavy atom. The van der Waals surface area contributed by atoms with Crippen molar-refractivity contribution in [2.75, 3.05) is 26.8 Å². The molecule has 3 aromatic rings. The van der Waals surface area contributed by atoms with Crippen molar-refractivity contribution in [3.05, 3.63) is 65.0 Å². The van der Waals surface area contributed by atoms with Crippen LogP contribution in [-0.4, -0.2) is 52.7 Å². The van der Waals surface area contributed by atoms with Crippen LogP contribution in [0.4, 0.5) is 0 Å². The topological polar surface area (TPSA) is 88.7 Å². The minimum atomic E-state index is -0.461. The number of fused-ring (bicyclic) bond motifs is 1. The van der Waals surface area contributed by atoms with Gasteiger partial charge >= 0.3 is 0 Å². The highest BCUT2D eigenvalue weighted by molar-refractivity contribution is 5.97. The van der Waals surface area contributed by atoms with Crippen LogP contribution >= 0.6 is 0 Å². The lowest BCUT2D eigenvalue weighted by molar-refractivity contribution is 0.0903. The molecule has 0 amide bonds. The molecular formula is C22H23N3O4. The Labute approximate surface area is 168 Å². The van der Waals surface area contributed by atoms with Crippen molar-refractivity contribution in [1.29, 1.82) is 0 Å². The molecule has 1 N–H and O–H groups in total. The van der Waals surface area contributed by atoms with E-state index in [-0.39, 0.29) is 5.78 Å². The summed E-state index contributed by atoms with van der Waals surface area (Å²) in [6.45, 7) is 1.84. The average molecular weight is 393 g/mol. The normalized spacial score (nSPS) is 14.3. The lowest BCUT2D eigenvalue weighted by atomic mass is 9.98. The fraction of sp³-hybridized carbons (Fsp3) is 0.318. The first-order chi connectivity index (χ1) is 14.2. The molecule has 0 saturated heterocycles. The zero-order valence-electron chi connectivity index (χ0n) is 16.3. The predicted octanol–water partition coefficient (Wildman–Crippen LogP) is 2.52. The summed E-state index contributed by atoms with van der Waals surface area (Å²) >= 11 is 0. The highest BCUT2D eigenvalue weighted by Gasteiger charge is 2.19. The van der Waals surface area contributed by atoms with E-state index in [1.54, 1.807) is 13.2 Å². The van der Waals surface area contributed by atoms with Crippen molar-refractivity contribution in [1.82, 2.24) is 15.0 Å². The van der Waals surface area contributed by atoms with E-state index < -0.39 is 6.61 Å². The molecule has 4 rings (SSSR count). The summed E-state index contributed by atoms with van der Waals surface area (Å²) in [5.41, 5.74) is 3.75. The van der Waals surface area contributed by atoms with Crippen LogP contribution in [0.5, 0.6) is 5.75 Å². The Morgan fingerprint density at radius 3 is 2.76 bits per heavy atom. The van der Waals surface area contributed by atoms with Gasteiger partial charge in [0.15, 0.2) is 11.6 Å². The van der Waals surface area contributed by atoms with Gasteiger partial charge in [-0.15, -0.1) is 0 Å². The van der Waals surface area contributed by atoms with Crippen LogP contribution in [0.3, 0.4) is 0 Å². The van der Waals surface area contributed by atoms with Gasteiger partial charge in [-0.05, 0) is 42.2 Å². The highest BCUT2D eigenvalue weighted by Crippen LogP contribution is 2.28. The summed E-state index contributed by atoms with van der Waals surface area (Å²) in [5.74, 6) is 1.53. The van der Waals surface area contributed by atoms with E-state index in [4.69, 9.17) is 14.4 Å². The third-order valence-electron chi connectivity index (χ3n) is 5.24. The van der Waals surface area contributed by atoms with Gasteiger partial charge in [-0.25, -0.2) is 0 Å². The number of carbonyl (C=O) groups excluding carboxylic acids is 1. The number of carbonyl (C=O) groups is 1. The number of benzene rings is 2. The maximum atomic E-state index is 11.8. The molecule has 0 radical (unpaired) electrons. The van der Waals surface area contributed by atoms with Crippen LogP contribution in [-0.2, 0) is 19.4 Å². The first kappa shape index (κ1) is 19.3. The SMILES string of the molecule is COc1ccccc1-c1nc(CN2CCc3ccc(C(=O)CO)cc3CC2)no1. The number of ether oxygens (including phenoxy) is 1. The van der Waals surface area contributed by atoms with E-state index in [0.717, 1.165) is 37.1 Å². The number of ketones is 1. The number of para-hydroxylation sites is 1. The summed E-state index contributed by atoms with van der Waals surface area (Å²) in [7, 11) is 1.62. The Balaban J connectivity index is 1.45. The lowest BCUT2D eigenvalue weighted by Crippen LogP contribution is -2.26. The van der Waals surface area contributed by atoms with Crippen LogP contribution in [0.25, 0.3) is 11.5 Å². The monoisotopic (exact) mass is 393 g/mol. The number of Topliss-reactive ketones (excluding diaryl/α,β-unsaturated/α-hetero) is 1. The quantitative estimate of drug-likeness (QED) is 0.644. The van der Waals surface area contributed by atoms with E-state index >= 15 is 0 Å². The standard InChI is InChI=1S/C22H23N3O4/c1-28-20-5-3-2-4-18(20)22-23-21(24-29-22)13-25-10-8-15-6-7-17(19(27)14-26)12-16(15)9-11-25/h2-7,12,26H,8-11,13-14H2,1H3. The number of aromatic nitrogens is 2. The van der Waals surface area contributed by atoms with Crippen molar-refractivity contribution in [3.63, 3.8) is 0 Å². The maximum absolute atomic E-state index is 11.8. The second-order valence-corrected chi connectivity index (χ2v) is 7.06.